The monoisotopic (exact) mass is 593 g/mol. The Morgan fingerprint density at radius 1 is 1.09 bits per heavy atom. The predicted molar refractivity (Wildman–Crippen MR) is 162 cm³/mol. The normalized spacial score (nSPS) is 23.1. The van der Waals surface area contributed by atoms with Gasteiger partial charge in [-0.2, -0.15) is 0 Å². The Labute approximate surface area is 255 Å². The van der Waals surface area contributed by atoms with Gasteiger partial charge in [0.1, 0.15) is 23.6 Å². The van der Waals surface area contributed by atoms with Gasteiger partial charge in [-0.1, -0.05) is 46.8 Å². The number of hydrogen-bond acceptors (Lipinski definition) is 7. The number of ether oxygens (including phenoxy) is 1. The van der Waals surface area contributed by atoms with E-state index in [1.807, 2.05) is 39.5 Å². The van der Waals surface area contributed by atoms with E-state index < -0.39 is 18.0 Å². The molecule has 10 nitrogen and oxygen atoms in total. The van der Waals surface area contributed by atoms with E-state index in [4.69, 9.17) is 9.15 Å². The van der Waals surface area contributed by atoms with Crippen molar-refractivity contribution >= 4 is 17.7 Å². The molecule has 0 radical (unpaired) electrons. The van der Waals surface area contributed by atoms with Crippen molar-refractivity contribution in [1.29, 1.82) is 0 Å². The predicted octanol–water partition coefficient (Wildman–Crippen LogP) is 3.71. The van der Waals surface area contributed by atoms with E-state index in [1.165, 1.54) is 0 Å². The van der Waals surface area contributed by atoms with Gasteiger partial charge in [0.05, 0.1) is 11.8 Å². The largest absolute Gasteiger partial charge is 0.483 e. The van der Waals surface area contributed by atoms with Crippen LogP contribution < -0.4 is 10.1 Å². The third kappa shape index (κ3) is 7.06. The molecule has 1 N–H and O–H groups in total. The number of nitrogens with one attached hydrogen (secondary N) is 1. The highest BCUT2D eigenvalue weighted by molar-refractivity contribution is 6.00. The Bertz CT molecular complexity index is 1300. The number of fused-ring (bicyclic) bond motifs is 1. The Balaban J connectivity index is 1.26. The SMILES string of the molecule is CC(C)C[C@@H](NC(=O)c1ccccc1OCc1ncc(C(C)(C)C)o1)C(=O)N1CCC[C@@H]1C(=O)N1C[C@H]2CN(C)C[C@H]2C1. The first kappa shape index (κ1) is 31.0. The van der Waals surface area contributed by atoms with Crippen molar-refractivity contribution in [2.75, 3.05) is 39.8 Å². The van der Waals surface area contributed by atoms with Crippen LogP contribution in [0.5, 0.6) is 5.75 Å². The minimum absolute atomic E-state index is 0.0532. The van der Waals surface area contributed by atoms with Crippen molar-refractivity contribution < 1.29 is 23.5 Å². The standard InChI is InChI=1S/C33H47N5O5/c1-21(2)14-25(31(40)38-13-9-11-26(38)32(41)37-18-22-16-36(6)17-23(22)19-37)35-30(39)24-10-7-8-12-27(24)42-20-29-34-15-28(43-29)33(3,4)5/h7-8,10,12,15,21-23,25-26H,9,11,13-14,16-20H2,1-6H3,(H,35,39)/t22-,23+,25-,26-/m1/s1. The van der Waals surface area contributed by atoms with Crippen LogP contribution in [-0.2, 0) is 21.6 Å². The van der Waals surface area contributed by atoms with Gasteiger partial charge in [0.25, 0.3) is 5.91 Å². The van der Waals surface area contributed by atoms with Gasteiger partial charge < -0.3 is 29.2 Å². The maximum atomic E-state index is 14.0. The van der Waals surface area contributed by atoms with E-state index in [0.717, 1.165) is 38.4 Å². The quantitative estimate of drug-likeness (QED) is 0.472. The highest BCUT2D eigenvalue weighted by Gasteiger charge is 2.45. The van der Waals surface area contributed by atoms with E-state index in [2.05, 4.69) is 22.2 Å². The molecule has 0 saturated carbocycles. The molecule has 4 heterocycles. The molecule has 3 saturated heterocycles. The summed E-state index contributed by atoms with van der Waals surface area (Å²) in [5, 5.41) is 2.99. The first-order valence-corrected chi connectivity index (χ1v) is 15.7. The van der Waals surface area contributed by atoms with Crippen LogP contribution >= 0.6 is 0 Å². The molecule has 0 bridgehead atoms. The van der Waals surface area contributed by atoms with Crippen molar-refractivity contribution in [2.45, 2.75) is 78.0 Å². The smallest absolute Gasteiger partial charge is 0.255 e. The van der Waals surface area contributed by atoms with Crippen LogP contribution in [0.25, 0.3) is 0 Å². The first-order valence-electron chi connectivity index (χ1n) is 15.7. The molecule has 5 rings (SSSR count). The summed E-state index contributed by atoms with van der Waals surface area (Å²) in [6, 6.07) is 5.75. The molecular formula is C33H47N5O5. The van der Waals surface area contributed by atoms with Crippen molar-refractivity contribution in [1.82, 2.24) is 25.0 Å². The number of likely N-dealkylation sites (tertiary alicyclic amines) is 3. The average molecular weight is 594 g/mol. The van der Waals surface area contributed by atoms with Crippen LogP contribution in [0, 0.1) is 17.8 Å². The molecule has 0 unspecified atom stereocenters. The topological polar surface area (TPSA) is 108 Å². The summed E-state index contributed by atoms with van der Waals surface area (Å²) >= 11 is 0. The number of rotatable bonds is 9. The minimum atomic E-state index is -0.748. The van der Waals surface area contributed by atoms with Gasteiger partial charge in [-0.25, -0.2) is 4.98 Å². The summed E-state index contributed by atoms with van der Waals surface area (Å²) in [7, 11) is 2.13. The molecule has 1 aromatic heterocycles. The van der Waals surface area contributed by atoms with Gasteiger partial charge in [0, 0.05) is 38.1 Å². The maximum absolute atomic E-state index is 14.0. The van der Waals surface area contributed by atoms with Crippen LogP contribution in [-0.4, -0.2) is 89.3 Å². The molecule has 3 amide bonds. The lowest BCUT2D eigenvalue weighted by atomic mass is 9.94. The van der Waals surface area contributed by atoms with Crippen molar-refractivity contribution in [2.24, 2.45) is 17.8 Å². The van der Waals surface area contributed by atoms with E-state index in [9.17, 15) is 14.4 Å². The number of carbonyl (C=O) groups excluding carboxylic acids is 3. The van der Waals surface area contributed by atoms with Crippen LogP contribution in [0.15, 0.2) is 34.9 Å². The molecule has 0 aliphatic carbocycles. The Hall–Kier alpha value is -3.40. The minimum Gasteiger partial charge on any atom is -0.483 e. The van der Waals surface area contributed by atoms with Gasteiger partial charge in [-0.3, -0.25) is 14.4 Å². The van der Waals surface area contributed by atoms with Gasteiger partial charge in [0.2, 0.25) is 17.7 Å². The Kier molecular flexibility index (Phi) is 9.15. The van der Waals surface area contributed by atoms with Crippen LogP contribution in [0.4, 0.5) is 0 Å². The second-order valence-corrected chi connectivity index (χ2v) is 14.0. The van der Waals surface area contributed by atoms with Crippen LogP contribution in [0.2, 0.25) is 0 Å². The fourth-order valence-corrected chi connectivity index (χ4v) is 6.68. The van der Waals surface area contributed by atoms with Gasteiger partial charge in [-0.15, -0.1) is 0 Å². The molecule has 2 aromatic rings. The molecule has 4 atom stereocenters. The average Bonchev–Trinajstić information content (AvgIpc) is 3.74. The summed E-state index contributed by atoms with van der Waals surface area (Å²) in [5.41, 5.74) is 0.152. The molecule has 43 heavy (non-hydrogen) atoms. The number of carbonyl (C=O) groups is 3. The molecule has 3 fully saturated rings. The van der Waals surface area contributed by atoms with Crippen molar-refractivity contribution in [3.05, 3.63) is 47.7 Å². The zero-order valence-electron chi connectivity index (χ0n) is 26.5. The number of aromatic nitrogens is 1. The summed E-state index contributed by atoms with van der Waals surface area (Å²) in [4.78, 5) is 51.6. The highest BCUT2D eigenvalue weighted by Crippen LogP contribution is 2.32. The molecule has 10 heteroatoms. The lowest BCUT2D eigenvalue weighted by Crippen LogP contribution is -2.54. The lowest BCUT2D eigenvalue weighted by molar-refractivity contribution is -0.144. The second kappa shape index (κ2) is 12.7. The molecule has 3 aliphatic rings. The van der Waals surface area contributed by atoms with E-state index in [0.29, 0.717) is 48.4 Å². The number of nitrogens with zero attached hydrogens (tertiary/aromatic N) is 4. The summed E-state index contributed by atoms with van der Waals surface area (Å²) in [6.45, 7) is 14.3. The van der Waals surface area contributed by atoms with Crippen LogP contribution in [0.1, 0.15) is 75.9 Å². The Morgan fingerprint density at radius 2 is 1.79 bits per heavy atom. The number of oxazole rings is 1. The number of amides is 3. The Morgan fingerprint density at radius 3 is 2.44 bits per heavy atom. The molecule has 3 aliphatic heterocycles. The fourth-order valence-electron chi connectivity index (χ4n) is 6.68. The number of hydrogen-bond donors (Lipinski definition) is 1. The summed E-state index contributed by atoms with van der Waals surface area (Å²) in [6.07, 6.45) is 3.61. The third-order valence-corrected chi connectivity index (χ3v) is 8.89. The highest BCUT2D eigenvalue weighted by atomic mass is 16.5. The van der Waals surface area contributed by atoms with Crippen LogP contribution in [0.3, 0.4) is 0 Å². The third-order valence-electron chi connectivity index (χ3n) is 8.89. The van der Waals surface area contributed by atoms with Crippen molar-refractivity contribution in [3.63, 3.8) is 0 Å². The van der Waals surface area contributed by atoms with Gasteiger partial charge >= 0.3 is 0 Å². The van der Waals surface area contributed by atoms with E-state index in [-0.39, 0.29) is 29.8 Å². The fraction of sp³-hybridized carbons (Fsp3) is 0.636. The molecule has 234 valence electrons. The van der Waals surface area contributed by atoms with E-state index in [1.54, 1.807) is 35.4 Å². The van der Waals surface area contributed by atoms with Gasteiger partial charge in [-0.05, 0) is 56.2 Å². The van der Waals surface area contributed by atoms with Crippen molar-refractivity contribution in [3.8, 4) is 5.75 Å². The molecule has 1 aromatic carbocycles. The molecular weight excluding hydrogens is 546 g/mol. The maximum Gasteiger partial charge on any atom is 0.255 e. The zero-order valence-corrected chi connectivity index (χ0v) is 26.5. The number of para-hydroxylation sites is 1. The number of benzene rings is 1. The first-order chi connectivity index (χ1) is 20.4. The van der Waals surface area contributed by atoms with Gasteiger partial charge in [0.15, 0.2) is 6.61 Å². The van der Waals surface area contributed by atoms with E-state index >= 15 is 0 Å². The lowest BCUT2D eigenvalue weighted by Gasteiger charge is -2.32. The molecule has 0 spiro atoms. The summed E-state index contributed by atoms with van der Waals surface area (Å²) < 4.78 is 11.8. The zero-order chi connectivity index (χ0) is 30.9. The second-order valence-electron chi connectivity index (χ2n) is 14.0. The summed E-state index contributed by atoms with van der Waals surface area (Å²) in [5.74, 6) is 2.22.